The molecule has 0 heterocycles. The number of allylic oxidation sites excluding steroid dienone is 1. The summed E-state index contributed by atoms with van der Waals surface area (Å²) in [6, 6.07) is 7.30. The van der Waals surface area contributed by atoms with Crippen LogP contribution in [0.15, 0.2) is 30.4 Å². The monoisotopic (exact) mass is 385 g/mol. The molecule has 2 aliphatic rings. The van der Waals surface area contributed by atoms with Crippen molar-refractivity contribution >= 4 is 11.6 Å². The van der Waals surface area contributed by atoms with E-state index in [-0.39, 0.29) is 22.7 Å². The normalized spacial score (nSPS) is 17.1. The van der Waals surface area contributed by atoms with Crippen LogP contribution in [0, 0.1) is 24.2 Å². The summed E-state index contributed by atoms with van der Waals surface area (Å²) >= 11 is 0. The molecule has 0 saturated carbocycles. The lowest BCUT2D eigenvalue weighted by molar-refractivity contribution is 0.0975. The fraction of sp³-hybridized carbons (Fsp3) is 0.320. The van der Waals surface area contributed by atoms with Crippen molar-refractivity contribution in [1.82, 2.24) is 0 Å². The lowest BCUT2D eigenvalue weighted by Crippen LogP contribution is -2.28. The Kier molecular flexibility index (Phi) is 4.62. The van der Waals surface area contributed by atoms with Crippen LogP contribution in [0.4, 0.5) is 0 Å². The molecule has 29 heavy (non-hydrogen) atoms. The van der Waals surface area contributed by atoms with Gasteiger partial charge in [-0.05, 0) is 61.3 Å². The van der Waals surface area contributed by atoms with Gasteiger partial charge in [-0.3, -0.25) is 9.59 Å². The highest BCUT2D eigenvalue weighted by Crippen LogP contribution is 2.42. The van der Waals surface area contributed by atoms with Crippen molar-refractivity contribution in [2.75, 3.05) is 7.11 Å². The fourth-order valence-corrected chi connectivity index (χ4v) is 4.87. The number of hydrogen-bond donors (Lipinski definition) is 0. The van der Waals surface area contributed by atoms with Crippen molar-refractivity contribution in [3.8, 4) is 11.8 Å². The summed E-state index contributed by atoms with van der Waals surface area (Å²) in [6.45, 7) is 8.22. The predicted molar refractivity (Wildman–Crippen MR) is 111 cm³/mol. The number of ketones is 2. The second-order valence-corrected chi connectivity index (χ2v) is 7.81. The van der Waals surface area contributed by atoms with Crippen LogP contribution in [-0.2, 0) is 12.8 Å². The summed E-state index contributed by atoms with van der Waals surface area (Å²) in [7, 11) is 1.48. The molecule has 2 aromatic rings. The van der Waals surface area contributed by atoms with Crippen molar-refractivity contribution in [2.45, 2.75) is 39.5 Å². The maximum absolute atomic E-state index is 13.5. The molecule has 0 N–H and O–H groups in total. The Morgan fingerprint density at radius 3 is 2.62 bits per heavy atom. The number of rotatable bonds is 3. The Labute approximate surface area is 170 Å². The first-order valence-electron chi connectivity index (χ1n) is 9.96. The zero-order valence-corrected chi connectivity index (χ0v) is 17.0. The Balaban J connectivity index is 2.00. The zero-order chi connectivity index (χ0) is 20.9. The van der Waals surface area contributed by atoms with Gasteiger partial charge in [0.1, 0.15) is 11.8 Å². The fourth-order valence-electron chi connectivity index (χ4n) is 4.87. The Bertz CT molecular complexity index is 1130. The number of hydrogen-bond acceptors (Lipinski definition) is 4. The number of nitriles is 1. The van der Waals surface area contributed by atoms with E-state index in [1.54, 1.807) is 18.2 Å². The second kappa shape index (κ2) is 7.00. The van der Waals surface area contributed by atoms with Crippen molar-refractivity contribution in [3.63, 3.8) is 0 Å². The summed E-state index contributed by atoms with van der Waals surface area (Å²) in [5.41, 5.74) is 5.58. The standard InChI is InChI=1S/C25H23NO3/c1-5-13(2)15-9-10-16-18(11-15)14(3)21-23(19(16)12-26)25(28)22-17(24(21)27)7-6-8-20(22)29-4/h6-8,15H,2,5,9-11H2,1,3-4H3. The van der Waals surface area contributed by atoms with E-state index in [9.17, 15) is 14.9 Å². The molecule has 4 heteroatoms. The highest BCUT2D eigenvalue weighted by Gasteiger charge is 2.39. The summed E-state index contributed by atoms with van der Waals surface area (Å²) in [4.78, 5) is 26.9. The summed E-state index contributed by atoms with van der Waals surface area (Å²) in [6.07, 6.45) is 3.31. The van der Waals surface area contributed by atoms with Crippen LogP contribution in [0.1, 0.15) is 73.9 Å². The predicted octanol–water partition coefficient (Wildman–Crippen LogP) is 4.72. The molecule has 1 unspecified atom stereocenters. The third kappa shape index (κ3) is 2.65. The first kappa shape index (κ1) is 19.1. The first-order valence-corrected chi connectivity index (χ1v) is 9.96. The lowest BCUT2D eigenvalue weighted by Gasteiger charge is -2.31. The molecular weight excluding hydrogens is 362 g/mol. The molecule has 146 valence electrons. The molecule has 0 aromatic heterocycles. The van der Waals surface area contributed by atoms with Crippen molar-refractivity contribution in [3.05, 3.63) is 74.9 Å². The van der Waals surface area contributed by atoms with Crippen LogP contribution in [0.2, 0.25) is 0 Å². The van der Waals surface area contributed by atoms with Crippen molar-refractivity contribution < 1.29 is 14.3 Å². The smallest absolute Gasteiger partial charge is 0.199 e. The van der Waals surface area contributed by atoms with E-state index in [1.807, 2.05) is 6.92 Å². The average molecular weight is 385 g/mol. The number of carbonyl (C=O) groups is 2. The summed E-state index contributed by atoms with van der Waals surface area (Å²) in [5, 5.41) is 9.98. The molecule has 0 fully saturated rings. The Hall–Kier alpha value is -3.19. The molecule has 0 amide bonds. The number of methoxy groups -OCH3 is 1. The average Bonchev–Trinajstić information content (AvgIpc) is 2.75. The molecule has 0 spiro atoms. The molecule has 2 aromatic carbocycles. The first-order chi connectivity index (χ1) is 13.9. The largest absolute Gasteiger partial charge is 0.496 e. The van der Waals surface area contributed by atoms with Gasteiger partial charge in [-0.15, -0.1) is 0 Å². The van der Waals surface area contributed by atoms with Gasteiger partial charge in [0.2, 0.25) is 0 Å². The third-order valence-electron chi connectivity index (χ3n) is 6.50. The SMILES string of the molecule is C=C(CC)C1CCc2c(C#N)c3c(c(C)c2C1)C(=O)c1cccc(OC)c1C3=O. The molecule has 1 atom stereocenters. The summed E-state index contributed by atoms with van der Waals surface area (Å²) < 4.78 is 5.35. The van der Waals surface area contributed by atoms with E-state index >= 15 is 0 Å². The molecule has 0 radical (unpaired) electrons. The summed E-state index contributed by atoms with van der Waals surface area (Å²) in [5.74, 6) is 0.207. The molecule has 4 nitrogen and oxygen atoms in total. The minimum atomic E-state index is -0.297. The number of carbonyl (C=O) groups excluding carboxylic acids is 2. The minimum Gasteiger partial charge on any atom is -0.496 e. The van der Waals surface area contributed by atoms with Gasteiger partial charge in [0.25, 0.3) is 0 Å². The Morgan fingerprint density at radius 1 is 1.21 bits per heavy atom. The maximum Gasteiger partial charge on any atom is 0.199 e. The molecule has 0 aliphatic heterocycles. The zero-order valence-electron chi connectivity index (χ0n) is 17.0. The van der Waals surface area contributed by atoms with Gasteiger partial charge < -0.3 is 4.74 Å². The minimum absolute atomic E-state index is 0.207. The maximum atomic E-state index is 13.5. The van der Waals surface area contributed by atoms with Gasteiger partial charge >= 0.3 is 0 Å². The van der Waals surface area contributed by atoms with E-state index in [0.29, 0.717) is 28.4 Å². The van der Waals surface area contributed by atoms with E-state index in [2.05, 4.69) is 19.6 Å². The highest BCUT2D eigenvalue weighted by atomic mass is 16.5. The molecule has 2 aliphatic carbocycles. The number of fused-ring (bicyclic) bond motifs is 3. The second-order valence-electron chi connectivity index (χ2n) is 7.81. The van der Waals surface area contributed by atoms with Gasteiger partial charge in [0, 0.05) is 11.1 Å². The van der Waals surface area contributed by atoms with Crippen LogP contribution >= 0.6 is 0 Å². The number of benzene rings is 2. The van der Waals surface area contributed by atoms with Crippen LogP contribution in [0.25, 0.3) is 0 Å². The van der Waals surface area contributed by atoms with Crippen molar-refractivity contribution in [1.29, 1.82) is 5.26 Å². The van der Waals surface area contributed by atoms with Gasteiger partial charge in [0.05, 0.1) is 23.8 Å². The van der Waals surface area contributed by atoms with E-state index in [4.69, 9.17) is 4.74 Å². The topological polar surface area (TPSA) is 67.2 Å². The molecular formula is C25H23NO3. The number of nitrogens with zero attached hydrogens (tertiary/aromatic N) is 1. The van der Waals surface area contributed by atoms with Gasteiger partial charge in [-0.2, -0.15) is 5.26 Å². The van der Waals surface area contributed by atoms with Gasteiger partial charge in [-0.1, -0.05) is 31.2 Å². The number of ether oxygens (including phenoxy) is 1. The Morgan fingerprint density at radius 2 is 1.97 bits per heavy atom. The quantitative estimate of drug-likeness (QED) is 0.612. The van der Waals surface area contributed by atoms with Crippen LogP contribution in [0.5, 0.6) is 5.75 Å². The van der Waals surface area contributed by atoms with Crippen LogP contribution in [0.3, 0.4) is 0 Å². The molecule has 0 bridgehead atoms. The lowest BCUT2D eigenvalue weighted by atomic mass is 9.70. The van der Waals surface area contributed by atoms with Crippen molar-refractivity contribution in [2.24, 2.45) is 5.92 Å². The van der Waals surface area contributed by atoms with Gasteiger partial charge in [-0.25, -0.2) is 0 Å². The molecule has 0 saturated heterocycles. The van der Waals surface area contributed by atoms with E-state index < -0.39 is 0 Å². The third-order valence-corrected chi connectivity index (χ3v) is 6.50. The van der Waals surface area contributed by atoms with E-state index in [0.717, 1.165) is 42.4 Å². The van der Waals surface area contributed by atoms with Crippen LogP contribution in [-0.4, -0.2) is 18.7 Å². The van der Waals surface area contributed by atoms with Crippen LogP contribution < -0.4 is 4.74 Å². The van der Waals surface area contributed by atoms with Gasteiger partial charge in [0.15, 0.2) is 11.6 Å². The highest BCUT2D eigenvalue weighted by molar-refractivity contribution is 6.30. The van der Waals surface area contributed by atoms with E-state index in [1.165, 1.54) is 12.7 Å². The molecule has 4 rings (SSSR count).